The van der Waals surface area contributed by atoms with Crippen LogP contribution in [-0.2, 0) is 0 Å². The number of nitrogens with one attached hydrogen (secondary N) is 2. The van der Waals surface area contributed by atoms with E-state index in [2.05, 4.69) is 36.2 Å². The molecule has 3 aromatic rings. The minimum atomic E-state index is -0.475. The zero-order chi connectivity index (χ0) is 17.1. The zero-order valence-electron chi connectivity index (χ0n) is 12.7. The lowest BCUT2D eigenvalue weighted by Gasteiger charge is -2.11. The van der Waals surface area contributed by atoms with E-state index < -0.39 is 4.92 Å². The van der Waals surface area contributed by atoms with E-state index in [9.17, 15) is 10.1 Å². The van der Waals surface area contributed by atoms with Crippen LogP contribution >= 0.6 is 15.9 Å². The number of anilines is 1. The number of aromatic nitrogens is 3. The van der Waals surface area contributed by atoms with Gasteiger partial charge in [-0.05, 0) is 30.7 Å². The molecule has 0 aliphatic heterocycles. The molecule has 0 spiro atoms. The first-order valence-corrected chi connectivity index (χ1v) is 8.00. The number of nitro groups is 1. The first kappa shape index (κ1) is 16.1. The van der Waals surface area contributed by atoms with Crippen LogP contribution in [0.1, 0.15) is 18.8 Å². The van der Waals surface area contributed by atoms with Gasteiger partial charge in [0.15, 0.2) is 0 Å². The number of nitrogens with zero attached hydrogens (tertiary/aromatic N) is 3. The molecule has 0 aliphatic carbocycles. The molecule has 122 valence electrons. The van der Waals surface area contributed by atoms with Crippen molar-refractivity contribution in [1.29, 1.82) is 0 Å². The summed E-state index contributed by atoms with van der Waals surface area (Å²) in [4.78, 5) is 21.9. The van der Waals surface area contributed by atoms with E-state index in [-0.39, 0.29) is 11.7 Å². The van der Waals surface area contributed by atoms with E-state index in [0.717, 1.165) is 21.6 Å². The van der Waals surface area contributed by atoms with Crippen molar-refractivity contribution in [1.82, 2.24) is 15.0 Å². The van der Waals surface area contributed by atoms with Gasteiger partial charge >= 0.3 is 0 Å². The molecule has 1 aromatic carbocycles. The second-order valence-corrected chi connectivity index (χ2v) is 6.13. The smallest absolute Gasteiger partial charge is 0.287 e. The van der Waals surface area contributed by atoms with Crippen molar-refractivity contribution in [2.45, 2.75) is 13.0 Å². The monoisotopic (exact) mass is 387 g/mol. The standard InChI is InChI=1S/C16H14BrN5O2/c1-10(20-15-7-6-13(8-18-15)22(23)24)16-19-9-14(21-16)11-2-4-12(17)5-3-11/h2-10H,1H3,(H,18,20)(H,19,21)/t10-/m0/s1. The molecule has 0 unspecified atom stereocenters. The number of hydrogen-bond donors (Lipinski definition) is 2. The Bertz CT molecular complexity index is 846. The Balaban J connectivity index is 1.72. The van der Waals surface area contributed by atoms with Gasteiger partial charge in [-0.1, -0.05) is 28.1 Å². The summed E-state index contributed by atoms with van der Waals surface area (Å²) in [6.45, 7) is 1.94. The van der Waals surface area contributed by atoms with Crippen LogP contribution in [0.25, 0.3) is 11.3 Å². The van der Waals surface area contributed by atoms with Gasteiger partial charge < -0.3 is 10.3 Å². The Morgan fingerprint density at radius 3 is 2.54 bits per heavy atom. The summed E-state index contributed by atoms with van der Waals surface area (Å²) in [5, 5.41) is 13.8. The first-order chi connectivity index (χ1) is 11.5. The van der Waals surface area contributed by atoms with Crippen LogP contribution in [0.3, 0.4) is 0 Å². The van der Waals surface area contributed by atoms with Gasteiger partial charge in [-0.2, -0.15) is 0 Å². The molecule has 7 nitrogen and oxygen atoms in total. The van der Waals surface area contributed by atoms with Crippen LogP contribution in [0.5, 0.6) is 0 Å². The first-order valence-electron chi connectivity index (χ1n) is 7.21. The summed E-state index contributed by atoms with van der Waals surface area (Å²) in [5.74, 6) is 1.31. The predicted octanol–water partition coefficient (Wildman–Crippen LogP) is 4.32. The SMILES string of the molecule is C[C@H](Nc1ccc([N+](=O)[O-])cn1)c1ncc(-c2ccc(Br)cc2)[nH]1. The number of pyridine rings is 1. The summed E-state index contributed by atoms with van der Waals surface area (Å²) in [7, 11) is 0. The molecular formula is C16H14BrN5O2. The summed E-state index contributed by atoms with van der Waals surface area (Å²) in [6.07, 6.45) is 3.00. The van der Waals surface area contributed by atoms with Gasteiger partial charge in [0.2, 0.25) is 0 Å². The lowest BCUT2D eigenvalue weighted by Crippen LogP contribution is -2.09. The lowest BCUT2D eigenvalue weighted by molar-refractivity contribution is -0.385. The van der Waals surface area contributed by atoms with Crippen LogP contribution in [-0.4, -0.2) is 19.9 Å². The third-order valence-corrected chi connectivity index (χ3v) is 4.01. The van der Waals surface area contributed by atoms with Crippen molar-refractivity contribution in [2.75, 3.05) is 5.32 Å². The highest BCUT2D eigenvalue weighted by Gasteiger charge is 2.12. The fourth-order valence-corrected chi connectivity index (χ4v) is 2.47. The van der Waals surface area contributed by atoms with Crippen molar-refractivity contribution < 1.29 is 4.92 Å². The van der Waals surface area contributed by atoms with Gasteiger partial charge in [0, 0.05) is 10.5 Å². The zero-order valence-corrected chi connectivity index (χ0v) is 14.3. The third kappa shape index (κ3) is 3.60. The summed E-state index contributed by atoms with van der Waals surface area (Å²) in [5.41, 5.74) is 1.92. The second kappa shape index (κ2) is 6.79. The largest absolute Gasteiger partial charge is 0.360 e. The topological polar surface area (TPSA) is 96.7 Å². The maximum Gasteiger partial charge on any atom is 0.287 e. The van der Waals surface area contributed by atoms with Crippen molar-refractivity contribution in [3.05, 3.63) is 69.2 Å². The van der Waals surface area contributed by atoms with E-state index in [1.807, 2.05) is 31.2 Å². The maximum absolute atomic E-state index is 10.6. The van der Waals surface area contributed by atoms with E-state index in [1.165, 1.54) is 12.3 Å². The van der Waals surface area contributed by atoms with Crippen molar-refractivity contribution in [2.24, 2.45) is 0 Å². The van der Waals surface area contributed by atoms with Crippen LogP contribution in [0, 0.1) is 10.1 Å². The average molecular weight is 388 g/mol. The fourth-order valence-electron chi connectivity index (χ4n) is 2.20. The van der Waals surface area contributed by atoms with E-state index in [1.54, 1.807) is 12.3 Å². The number of benzene rings is 1. The molecule has 1 atom stereocenters. The molecule has 0 aliphatic rings. The van der Waals surface area contributed by atoms with Crippen LogP contribution in [0.4, 0.5) is 11.5 Å². The van der Waals surface area contributed by atoms with Crippen molar-refractivity contribution in [3.63, 3.8) is 0 Å². The minimum absolute atomic E-state index is 0.0382. The van der Waals surface area contributed by atoms with E-state index in [4.69, 9.17) is 0 Å². The Kier molecular flexibility index (Phi) is 4.57. The molecule has 0 saturated carbocycles. The van der Waals surface area contributed by atoms with Gasteiger partial charge in [-0.15, -0.1) is 0 Å². The molecule has 2 N–H and O–H groups in total. The summed E-state index contributed by atoms with van der Waals surface area (Å²) < 4.78 is 1.02. The van der Waals surface area contributed by atoms with Crippen LogP contribution in [0.15, 0.2) is 53.3 Å². The van der Waals surface area contributed by atoms with Gasteiger partial charge in [-0.3, -0.25) is 10.1 Å². The van der Waals surface area contributed by atoms with Crippen molar-refractivity contribution >= 4 is 27.4 Å². The number of aromatic amines is 1. The highest BCUT2D eigenvalue weighted by atomic mass is 79.9. The Morgan fingerprint density at radius 1 is 1.17 bits per heavy atom. The minimum Gasteiger partial charge on any atom is -0.360 e. The quantitative estimate of drug-likeness (QED) is 0.501. The summed E-state index contributed by atoms with van der Waals surface area (Å²) >= 11 is 3.41. The Labute approximate surface area is 146 Å². The predicted molar refractivity (Wildman–Crippen MR) is 94.7 cm³/mol. The van der Waals surface area contributed by atoms with Crippen molar-refractivity contribution in [3.8, 4) is 11.3 Å². The number of H-pyrrole nitrogens is 1. The number of halogens is 1. The molecule has 2 aromatic heterocycles. The van der Waals surface area contributed by atoms with Gasteiger partial charge in [-0.25, -0.2) is 9.97 Å². The second-order valence-electron chi connectivity index (χ2n) is 5.21. The third-order valence-electron chi connectivity index (χ3n) is 3.48. The summed E-state index contributed by atoms with van der Waals surface area (Å²) in [6, 6.07) is 10.8. The molecule has 0 saturated heterocycles. The molecule has 2 heterocycles. The van der Waals surface area contributed by atoms with E-state index >= 15 is 0 Å². The van der Waals surface area contributed by atoms with Gasteiger partial charge in [0.1, 0.15) is 17.8 Å². The molecule has 0 amide bonds. The molecule has 0 bridgehead atoms. The molecule has 0 radical (unpaired) electrons. The lowest BCUT2D eigenvalue weighted by atomic mass is 10.2. The Hall–Kier alpha value is -2.74. The van der Waals surface area contributed by atoms with Gasteiger partial charge in [0.05, 0.1) is 22.9 Å². The Morgan fingerprint density at radius 2 is 1.92 bits per heavy atom. The average Bonchev–Trinajstić information content (AvgIpc) is 3.06. The number of rotatable bonds is 5. The molecule has 0 fully saturated rings. The van der Waals surface area contributed by atoms with Crippen LogP contribution in [0.2, 0.25) is 0 Å². The number of hydrogen-bond acceptors (Lipinski definition) is 5. The molecule has 3 rings (SSSR count). The molecular weight excluding hydrogens is 374 g/mol. The molecule has 8 heteroatoms. The number of imidazole rings is 1. The molecule has 24 heavy (non-hydrogen) atoms. The van der Waals surface area contributed by atoms with Crippen LogP contribution < -0.4 is 5.32 Å². The maximum atomic E-state index is 10.6. The van der Waals surface area contributed by atoms with E-state index in [0.29, 0.717) is 5.82 Å². The highest BCUT2D eigenvalue weighted by molar-refractivity contribution is 9.10. The highest BCUT2D eigenvalue weighted by Crippen LogP contribution is 2.23. The normalized spacial score (nSPS) is 11.9. The van der Waals surface area contributed by atoms with Gasteiger partial charge in [0.25, 0.3) is 5.69 Å². The fraction of sp³-hybridized carbons (Fsp3) is 0.125.